The summed E-state index contributed by atoms with van der Waals surface area (Å²) in [6.07, 6.45) is 0.400. The zero-order chi connectivity index (χ0) is 7.56. The van der Waals surface area contributed by atoms with Crippen LogP contribution >= 0.6 is 0 Å². The van der Waals surface area contributed by atoms with Crippen LogP contribution in [0, 0.1) is 0 Å². The number of quaternary nitrogens is 1. The van der Waals surface area contributed by atoms with E-state index in [4.69, 9.17) is 5.11 Å². The van der Waals surface area contributed by atoms with Crippen molar-refractivity contribution in [3.8, 4) is 0 Å². The molecule has 1 unspecified atom stereocenters. The fourth-order valence-electron chi connectivity index (χ4n) is 1.27. The number of aliphatic carboxylic acids is 1. The summed E-state index contributed by atoms with van der Waals surface area (Å²) in [4.78, 5) is 11.0. The number of hydrogen-bond donors (Lipinski definition) is 2. The van der Waals surface area contributed by atoms with Crippen LogP contribution in [-0.4, -0.2) is 36.8 Å². The lowest BCUT2D eigenvalue weighted by Gasteiger charge is -2.11. The number of carboxylic acids is 1. The molecule has 1 saturated heterocycles. The molecule has 1 heterocycles. The lowest BCUT2D eigenvalue weighted by atomic mass is 10.3. The normalized spacial score (nSPS) is 32.5. The standard InChI is InChI=1S/C6H11NO3/c8-5-1-2-7(3-5)4-6(9)10/h5,8H,1-4H2,(H,9,10)/t5-/m1/s1. The van der Waals surface area contributed by atoms with E-state index in [-0.39, 0.29) is 12.6 Å². The van der Waals surface area contributed by atoms with Gasteiger partial charge in [0, 0.05) is 6.42 Å². The summed E-state index contributed by atoms with van der Waals surface area (Å²) in [6.45, 7) is 1.32. The zero-order valence-corrected chi connectivity index (χ0v) is 5.67. The van der Waals surface area contributed by atoms with Crippen LogP contribution in [0.2, 0.25) is 0 Å². The summed E-state index contributed by atoms with van der Waals surface area (Å²) in [5, 5.41) is 19.0. The molecule has 0 aliphatic carbocycles. The van der Waals surface area contributed by atoms with E-state index in [1.165, 1.54) is 0 Å². The third-order valence-electron chi connectivity index (χ3n) is 1.75. The highest BCUT2D eigenvalue weighted by Gasteiger charge is 2.23. The number of carbonyl (C=O) groups excluding carboxylic acids is 1. The van der Waals surface area contributed by atoms with Gasteiger partial charge in [-0.2, -0.15) is 0 Å². The molecule has 0 spiro atoms. The second-order valence-electron chi connectivity index (χ2n) is 2.70. The van der Waals surface area contributed by atoms with Crippen LogP contribution in [0.25, 0.3) is 0 Å². The fraction of sp³-hybridized carbons (Fsp3) is 0.833. The van der Waals surface area contributed by atoms with Gasteiger partial charge in [0.1, 0.15) is 19.2 Å². The van der Waals surface area contributed by atoms with Crippen molar-refractivity contribution in [1.29, 1.82) is 0 Å². The Balaban J connectivity index is 2.24. The summed E-state index contributed by atoms with van der Waals surface area (Å²) >= 11 is 0. The molecule has 1 fully saturated rings. The number of rotatable bonds is 2. The highest BCUT2D eigenvalue weighted by molar-refractivity contribution is 5.65. The van der Waals surface area contributed by atoms with E-state index in [0.29, 0.717) is 13.0 Å². The number of aliphatic hydroxyl groups is 1. The second kappa shape index (κ2) is 2.98. The molecule has 1 rings (SSSR count). The van der Waals surface area contributed by atoms with Gasteiger partial charge in [-0.15, -0.1) is 0 Å². The minimum Gasteiger partial charge on any atom is -0.544 e. The molecule has 4 heteroatoms. The van der Waals surface area contributed by atoms with E-state index in [1.807, 2.05) is 0 Å². The summed E-state index contributed by atoms with van der Waals surface area (Å²) < 4.78 is 0. The number of hydrogen-bond acceptors (Lipinski definition) is 3. The van der Waals surface area contributed by atoms with Crippen molar-refractivity contribution in [2.45, 2.75) is 12.5 Å². The minimum atomic E-state index is -1.04. The third kappa shape index (κ3) is 1.97. The van der Waals surface area contributed by atoms with Crippen molar-refractivity contribution in [2.24, 2.45) is 0 Å². The van der Waals surface area contributed by atoms with Crippen molar-refractivity contribution in [1.82, 2.24) is 0 Å². The molecule has 0 bridgehead atoms. The lowest BCUT2D eigenvalue weighted by molar-refractivity contribution is -0.883. The third-order valence-corrected chi connectivity index (χ3v) is 1.75. The predicted octanol–water partition coefficient (Wildman–Crippen LogP) is -3.61. The number of nitrogens with one attached hydrogen (secondary N) is 1. The SMILES string of the molecule is O=C([O-])C[NH+]1CC[C@@H](O)C1. The summed E-state index contributed by atoms with van der Waals surface area (Å²) in [5.74, 6) is -1.04. The Morgan fingerprint density at radius 2 is 2.50 bits per heavy atom. The van der Waals surface area contributed by atoms with Gasteiger partial charge in [0.2, 0.25) is 0 Å². The lowest BCUT2D eigenvalue weighted by Crippen LogP contribution is -3.11. The minimum absolute atomic E-state index is 0.0249. The second-order valence-corrected chi connectivity index (χ2v) is 2.70. The Morgan fingerprint density at radius 1 is 1.80 bits per heavy atom. The fourth-order valence-corrected chi connectivity index (χ4v) is 1.27. The molecule has 4 nitrogen and oxygen atoms in total. The van der Waals surface area contributed by atoms with Gasteiger partial charge in [-0.05, 0) is 0 Å². The highest BCUT2D eigenvalue weighted by Crippen LogP contribution is 1.89. The van der Waals surface area contributed by atoms with E-state index in [2.05, 4.69) is 0 Å². The van der Waals surface area contributed by atoms with Gasteiger partial charge < -0.3 is 19.9 Å². The van der Waals surface area contributed by atoms with Gasteiger partial charge in [0.25, 0.3) is 0 Å². The first-order valence-electron chi connectivity index (χ1n) is 3.40. The van der Waals surface area contributed by atoms with Crippen molar-refractivity contribution in [3.05, 3.63) is 0 Å². The van der Waals surface area contributed by atoms with Gasteiger partial charge in [0.15, 0.2) is 0 Å². The number of carbonyl (C=O) groups is 1. The average molecular weight is 145 g/mol. The maximum Gasteiger partial charge on any atom is 0.117 e. The van der Waals surface area contributed by atoms with Crippen LogP contribution in [0.4, 0.5) is 0 Å². The Hall–Kier alpha value is -0.610. The van der Waals surface area contributed by atoms with Crippen LogP contribution in [0.5, 0.6) is 0 Å². The molecule has 0 aromatic heterocycles. The molecule has 0 aromatic carbocycles. The quantitative estimate of drug-likeness (QED) is 0.422. The number of aliphatic hydroxyl groups excluding tert-OH is 1. The van der Waals surface area contributed by atoms with E-state index in [9.17, 15) is 9.90 Å². The Labute approximate surface area is 59.1 Å². The Bertz CT molecular complexity index is 137. The molecule has 0 saturated carbocycles. The van der Waals surface area contributed by atoms with Crippen LogP contribution in [0.15, 0.2) is 0 Å². The first-order chi connectivity index (χ1) is 4.68. The number of likely N-dealkylation sites (tertiary alicyclic amines) is 1. The largest absolute Gasteiger partial charge is 0.544 e. The summed E-state index contributed by atoms with van der Waals surface area (Å²) in [5.41, 5.74) is 0. The van der Waals surface area contributed by atoms with E-state index < -0.39 is 5.97 Å². The van der Waals surface area contributed by atoms with Crippen LogP contribution in [-0.2, 0) is 4.79 Å². The van der Waals surface area contributed by atoms with Gasteiger partial charge in [-0.3, -0.25) is 0 Å². The first kappa shape index (κ1) is 7.50. The van der Waals surface area contributed by atoms with E-state index >= 15 is 0 Å². The van der Waals surface area contributed by atoms with E-state index in [0.717, 1.165) is 11.4 Å². The predicted molar refractivity (Wildman–Crippen MR) is 31.2 cm³/mol. The molecule has 2 N–H and O–H groups in total. The van der Waals surface area contributed by atoms with Gasteiger partial charge >= 0.3 is 0 Å². The number of carboxylic acid groups (broad SMARTS) is 1. The maximum absolute atomic E-state index is 10.0. The van der Waals surface area contributed by atoms with Crippen molar-refractivity contribution < 1.29 is 19.9 Å². The van der Waals surface area contributed by atoms with Gasteiger partial charge in [0.05, 0.1) is 12.5 Å². The average Bonchev–Trinajstić information content (AvgIpc) is 2.13. The molecule has 58 valence electrons. The van der Waals surface area contributed by atoms with Crippen molar-refractivity contribution in [3.63, 3.8) is 0 Å². The summed E-state index contributed by atoms with van der Waals surface area (Å²) in [7, 11) is 0. The van der Waals surface area contributed by atoms with Crippen LogP contribution in [0.1, 0.15) is 6.42 Å². The monoisotopic (exact) mass is 145 g/mol. The van der Waals surface area contributed by atoms with Crippen molar-refractivity contribution in [2.75, 3.05) is 19.6 Å². The van der Waals surface area contributed by atoms with Crippen molar-refractivity contribution >= 4 is 5.97 Å². The van der Waals surface area contributed by atoms with E-state index in [1.54, 1.807) is 0 Å². The molecular weight excluding hydrogens is 134 g/mol. The Morgan fingerprint density at radius 3 is 2.90 bits per heavy atom. The highest BCUT2D eigenvalue weighted by atomic mass is 16.4. The molecule has 0 aromatic rings. The maximum atomic E-state index is 10.0. The zero-order valence-electron chi connectivity index (χ0n) is 5.67. The molecule has 2 atom stereocenters. The molecular formula is C6H11NO3. The summed E-state index contributed by atoms with van der Waals surface area (Å²) in [6, 6.07) is 0. The first-order valence-corrected chi connectivity index (χ1v) is 3.40. The van der Waals surface area contributed by atoms with Crippen LogP contribution in [0.3, 0.4) is 0 Å². The van der Waals surface area contributed by atoms with Crippen LogP contribution < -0.4 is 10.0 Å². The Kier molecular flexibility index (Phi) is 2.24. The van der Waals surface area contributed by atoms with Gasteiger partial charge in [-0.1, -0.05) is 0 Å². The smallest absolute Gasteiger partial charge is 0.117 e. The molecule has 0 radical (unpaired) electrons. The molecule has 1 aliphatic heterocycles. The van der Waals surface area contributed by atoms with Gasteiger partial charge in [-0.25, -0.2) is 0 Å². The topological polar surface area (TPSA) is 64.8 Å². The molecule has 10 heavy (non-hydrogen) atoms. The molecule has 0 amide bonds. The molecule has 1 aliphatic rings.